The number of rotatable bonds is 12. The monoisotopic (exact) mass is 541 g/mol. The highest BCUT2D eigenvalue weighted by atomic mass is 16.5. The number of methoxy groups -OCH3 is 2. The molecule has 0 saturated carbocycles. The molecule has 39 heavy (non-hydrogen) atoms. The van der Waals surface area contributed by atoms with E-state index in [1.807, 2.05) is 49.1 Å². The van der Waals surface area contributed by atoms with Gasteiger partial charge in [0, 0.05) is 56.9 Å². The number of nitrogens with zero attached hydrogens (tertiary/aromatic N) is 6. The zero-order valence-corrected chi connectivity index (χ0v) is 24.1. The van der Waals surface area contributed by atoms with Gasteiger partial charge in [0.15, 0.2) is 5.82 Å². The molecule has 214 valence electrons. The zero-order valence-electron chi connectivity index (χ0n) is 24.1. The Kier molecular flexibility index (Phi) is 11.2. The number of anilines is 1. The maximum absolute atomic E-state index is 13.2. The largest absolute Gasteiger partial charge is 0.497 e. The Morgan fingerprint density at radius 2 is 1.69 bits per heavy atom. The molecule has 3 rings (SSSR count). The number of likely N-dealkylation sites (N-methyl/N-ethyl adjacent to an activating group) is 1. The fourth-order valence-corrected chi connectivity index (χ4v) is 4.49. The number of carbonyl (C=O) groups is 2. The van der Waals surface area contributed by atoms with E-state index in [2.05, 4.69) is 39.2 Å². The highest BCUT2D eigenvalue weighted by Crippen LogP contribution is 2.32. The molecule has 0 spiro atoms. The molecule has 3 amide bonds. The van der Waals surface area contributed by atoms with Gasteiger partial charge in [-0.25, -0.2) is 4.79 Å². The third kappa shape index (κ3) is 8.19. The lowest BCUT2D eigenvalue weighted by Gasteiger charge is -2.36. The van der Waals surface area contributed by atoms with E-state index in [9.17, 15) is 9.59 Å². The van der Waals surface area contributed by atoms with Gasteiger partial charge >= 0.3 is 6.03 Å². The quantitative estimate of drug-likeness (QED) is 0.437. The van der Waals surface area contributed by atoms with Crippen molar-refractivity contribution >= 4 is 17.8 Å². The molecule has 0 radical (unpaired) electrons. The van der Waals surface area contributed by atoms with Crippen LogP contribution >= 0.6 is 0 Å². The molecule has 0 aliphatic carbocycles. The Morgan fingerprint density at radius 1 is 0.974 bits per heavy atom. The standard InChI is InChI=1S/C28H43N7O4/c1-7-32(8-2)13-14-35(28(37)29-21(3)4)20-27(36)34-17-15-33(16-18-34)26-12-11-24(30-31-26)23-10-9-22(38-5)19-25(23)39-6/h9-12,19,21H,7-8,13-18,20H2,1-6H3,(H,29,37). The minimum absolute atomic E-state index is 0.00500. The van der Waals surface area contributed by atoms with E-state index < -0.39 is 0 Å². The minimum atomic E-state index is -0.201. The van der Waals surface area contributed by atoms with Gasteiger partial charge in [-0.05, 0) is 51.2 Å². The average molecular weight is 542 g/mol. The van der Waals surface area contributed by atoms with E-state index in [0.29, 0.717) is 49.9 Å². The molecular weight excluding hydrogens is 498 g/mol. The first-order chi connectivity index (χ1) is 18.8. The molecule has 1 aromatic heterocycles. The smallest absolute Gasteiger partial charge is 0.318 e. The zero-order chi connectivity index (χ0) is 28.4. The summed E-state index contributed by atoms with van der Waals surface area (Å²) in [4.78, 5) is 33.8. The lowest BCUT2D eigenvalue weighted by molar-refractivity contribution is -0.132. The SMILES string of the molecule is CCN(CC)CCN(CC(=O)N1CCN(c2ccc(-c3ccc(OC)cc3OC)nn2)CC1)C(=O)NC(C)C. The number of aromatic nitrogens is 2. The molecule has 0 atom stereocenters. The van der Waals surface area contributed by atoms with Crippen LogP contribution in [0.3, 0.4) is 0 Å². The second kappa shape index (κ2) is 14.5. The van der Waals surface area contributed by atoms with Crippen LogP contribution in [0.5, 0.6) is 11.5 Å². The summed E-state index contributed by atoms with van der Waals surface area (Å²) in [6.07, 6.45) is 0. The number of ether oxygens (including phenoxy) is 2. The summed E-state index contributed by atoms with van der Waals surface area (Å²) in [7, 11) is 3.23. The van der Waals surface area contributed by atoms with E-state index in [1.54, 1.807) is 19.1 Å². The summed E-state index contributed by atoms with van der Waals surface area (Å²) in [5.74, 6) is 2.09. The maximum atomic E-state index is 13.2. The molecule has 1 fully saturated rings. The number of piperazine rings is 1. The predicted molar refractivity (Wildman–Crippen MR) is 152 cm³/mol. The van der Waals surface area contributed by atoms with E-state index >= 15 is 0 Å². The highest BCUT2D eigenvalue weighted by Gasteiger charge is 2.26. The number of carbonyl (C=O) groups excluding carboxylic acids is 2. The maximum Gasteiger partial charge on any atom is 0.318 e. The molecule has 0 unspecified atom stereocenters. The molecule has 1 saturated heterocycles. The van der Waals surface area contributed by atoms with E-state index in [1.165, 1.54) is 0 Å². The molecule has 11 heteroatoms. The number of amides is 3. The van der Waals surface area contributed by atoms with Crippen LogP contribution < -0.4 is 19.7 Å². The Balaban J connectivity index is 1.59. The minimum Gasteiger partial charge on any atom is -0.497 e. The van der Waals surface area contributed by atoms with E-state index in [0.717, 1.165) is 31.0 Å². The molecule has 2 heterocycles. The Morgan fingerprint density at radius 3 is 2.26 bits per heavy atom. The summed E-state index contributed by atoms with van der Waals surface area (Å²) in [5.41, 5.74) is 1.54. The first kappa shape index (κ1) is 29.9. The number of hydrogen-bond acceptors (Lipinski definition) is 8. The third-order valence-electron chi connectivity index (χ3n) is 6.90. The predicted octanol–water partition coefficient (Wildman–Crippen LogP) is 2.57. The summed E-state index contributed by atoms with van der Waals surface area (Å²) in [5, 5.41) is 11.8. The topological polar surface area (TPSA) is 103 Å². The van der Waals surface area contributed by atoms with Crippen LogP contribution in [0.1, 0.15) is 27.7 Å². The van der Waals surface area contributed by atoms with E-state index in [4.69, 9.17) is 9.47 Å². The molecule has 0 bridgehead atoms. The summed E-state index contributed by atoms with van der Waals surface area (Å²) in [6, 6.07) is 9.25. The van der Waals surface area contributed by atoms with Crippen molar-refractivity contribution < 1.29 is 19.1 Å². The summed E-state index contributed by atoms with van der Waals surface area (Å²) < 4.78 is 10.8. The van der Waals surface area contributed by atoms with Gasteiger partial charge in [0.1, 0.15) is 18.0 Å². The number of benzene rings is 1. The van der Waals surface area contributed by atoms with Gasteiger partial charge in [0.05, 0.1) is 19.9 Å². The molecule has 2 aromatic rings. The Labute approximate surface area is 232 Å². The van der Waals surface area contributed by atoms with Gasteiger partial charge in [-0.2, -0.15) is 0 Å². The van der Waals surface area contributed by atoms with Gasteiger partial charge in [0.2, 0.25) is 5.91 Å². The van der Waals surface area contributed by atoms with Crippen LogP contribution in [0.25, 0.3) is 11.3 Å². The first-order valence-corrected chi connectivity index (χ1v) is 13.7. The fourth-order valence-electron chi connectivity index (χ4n) is 4.49. The highest BCUT2D eigenvalue weighted by molar-refractivity contribution is 5.84. The number of urea groups is 1. The molecule has 1 N–H and O–H groups in total. The molecule has 1 aliphatic rings. The second-order valence-electron chi connectivity index (χ2n) is 9.76. The molecule has 1 aromatic carbocycles. The van der Waals surface area contributed by atoms with E-state index in [-0.39, 0.29) is 24.5 Å². The van der Waals surface area contributed by atoms with Crippen molar-refractivity contribution in [3.8, 4) is 22.8 Å². The van der Waals surface area contributed by atoms with Crippen LogP contribution in [-0.4, -0.2) is 116 Å². The Bertz CT molecular complexity index is 1070. The van der Waals surface area contributed by atoms with Crippen molar-refractivity contribution in [2.75, 3.05) is 78.0 Å². The number of hydrogen-bond donors (Lipinski definition) is 1. The second-order valence-corrected chi connectivity index (χ2v) is 9.76. The normalized spacial score (nSPS) is 13.5. The van der Waals surface area contributed by atoms with Gasteiger partial charge in [-0.3, -0.25) is 4.79 Å². The molecule has 1 aliphatic heterocycles. The average Bonchev–Trinajstić information content (AvgIpc) is 2.96. The fraction of sp³-hybridized carbons (Fsp3) is 0.571. The van der Waals surface area contributed by atoms with Crippen molar-refractivity contribution in [3.05, 3.63) is 30.3 Å². The third-order valence-corrected chi connectivity index (χ3v) is 6.90. The lowest BCUT2D eigenvalue weighted by atomic mass is 10.1. The summed E-state index contributed by atoms with van der Waals surface area (Å²) in [6.45, 7) is 13.6. The van der Waals surface area contributed by atoms with Gasteiger partial charge in [-0.1, -0.05) is 13.8 Å². The number of nitrogens with one attached hydrogen (secondary N) is 1. The van der Waals surface area contributed by atoms with Gasteiger partial charge in [-0.15, -0.1) is 10.2 Å². The van der Waals surface area contributed by atoms with Crippen molar-refractivity contribution in [1.29, 1.82) is 0 Å². The van der Waals surface area contributed by atoms with Crippen LogP contribution in [0.4, 0.5) is 10.6 Å². The van der Waals surface area contributed by atoms with Crippen molar-refractivity contribution in [2.45, 2.75) is 33.7 Å². The first-order valence-electron chi connectivity index (χ1n) is 13.7. The van der Waals surface area contributed by atoms with Crippen LogP contribution in [-0.2, 0) is 4.79 Å². The van der Waals surface area contributed by atoms with Crippen LogP contribution in [0.15, 0.2) is 30.3 Å². The molecule has 11 nitrogen and oxygen atoms in total. The summed E-state index contributed by atoms with van der Waals surface area (Å²) >= 11 is 0. The van der Waals surface area contributed by atoms with Gasteiger partial charge < -0.3 is 34.4 Å². The van der Waals surface area contributed by atoms with Crippen molar-refractivity contribution in [3.63, 3.8) is 0 Å². The van der Waals surface area contributed by atoms with Crippen molar-refractivity contribution in [2.24, 2.45) is 0 Å². The Hall–Kier alpha value is -3.60. The molecular formula is C28H43N7O4. The van der Waals surface area contributed by atoms with Crippen LogP contribution in [0, 0.1) is 0 Å². The lowest BCUT2D eigenvalue weighted by Crippen LogP contribution is -2.54. The van der Waals surface area contributed by atoms with Crippen LogP contribution in [0.2, 0.25) is 0 Å². The van der Waals surface area contributed by atoms with Crippen molar-refractivity contribution in [1.82, 2.24) is 30.2 Å². The van der Waals surface area contributed by atoms with Gasteiger partial charge in [0.25, 0.3) is 0 Å².